The largest absolute Gasteiger partial charge is 0.439 e. The molecule has 4 rings (SSSR count). The number of nitrogens with one attached hydrogen (secondary N) is 1. The normalized spacial score (nSPS) is 18.6. The lowest BCUT2D eigenvalue weighted by Gasteiger charge is -2.40. The second-order valence-corrected chi connectivity index (χ2v) is 8.35. The van der Waals surface area contributed by atoms with Crippen molar-refractivity contribution in [1.82, 2.24) is 5.32 Å². The van der Waals surface area contributed by atoms with Gasteiger partial charge in [-0.15, -0.1) is 0 Å². The molecule has 33 heavy (non-hydrogen) atoms. The lowest BCUT2D eigenvalue weighted by molar-refractivity contribution is -0.275. The highest BCUT2D eigenvalue weighted by Crippen LogP contribution is 2.51. The molecule has 0 saturated heterocycles. The van der Waals surface area contributed by atoms with Crippen LogP contribution in [-0.4, -0.2) is 18.1 Å². The van der Waals surface area contributed by atoms with E-state index in [4.69, 9.17) is 4.74 Å². The van der Waals surface area contributed by atoms with Crippen LogP contribution >= 0.6 is 15.9 Å². The van der Waals surface area contributed by atoms with Crippen LogP contribution in [0.15, 0.2) is 95.1 Å². The van der Waals surface area contributed by atoms with Gasteiger partial charge in [-0.1, -0.05) is 76.6 Å². The third-order valence-electron chi connectivity index (χ3n) is 5.36. The predicted octanol–water partition coefficient (Wildman–Crippen LogP) is 5.99. The SMILES string of the molecule is O=C1O[C@](c2ccccc2)(C(F)(F)F)CC(c2ccc(Br)cc2)=C1NC(=O)c1ccccc1. The number of hydrogen-bond donors (Lipinski definition) is 1. The Morgan fingerprint density at radius 1 is 0.909 bits per heavy atom. The van der Waals surface area contributed by atoms with Gasteiger partial charge in [0.2, 0.25) is 5.60 Å². The maximum absolute atomic E-state index is 14.5. The van der Waals surface area contributed by atoms with Gasteiger partial charge in [0.1, 0.15) is 5.70 Å². The minimum atomic E-state index is -4.90. The highest BCUT2D eigenvalue weighted by molar-refractivity contribution is 9.10. The third-order valence-corrected chi connectivity index (χ3v) is 5.89. The van der Waals surface area contributed by atoms with E-state index < -0.39 is 30.1 Å². The van der Waals surface area contributed by atoms with E-state index in [1.807, 2.05) is 0 Å². The van der Waals surface area contributed by atoms with Gasteiger partial charge in [0, 0.05) is 22.0 Å². The Morgan fingerprint density at radius 3 is 2.06 bits per heavy atom. The van der Waals surface area contributed by atoms with Crippen molar-refractivity contribution >= 4 is 33.4 Å². The summed E-state index contributed by atoms with van der Waals surface area (Å²) in [5.41, 5.74) is -2.76. The molecule has 0 bridgehead atoms. The molecule has 1 atom stereocenters. The van der Waals surface area contributed by atoms with E-state index in [1.165, 1.54) is 36.4 Å². The Hall–Kier alpha value is -3.39. The summed E-state index contributed by atoms with van der Waals surface area (Å²) in [4.78, 5) is 25.8. The zero-order valence-electron chi connectivity index (χ0n) is 17.0. The molecule has 0 aromatic heterocycles. The maximum Gasteiger partial charge on any atom is 0.433 e. The molecule has 0 spiro atoms. The molecule has 0 aliphatic carbocycles. The van der Waals surface area contributed by atoms with E-state index in [-0.39, 0.29) is 22.4 Å². The summed E-state index contributed by atoms with van der Waals surface area (Å²) in [6.07, 6.45) is -5.60. The van der Waals surface area contributed by atoms with Gasteiger partial charge in [0.15, 0.2) is 0 Å². The maximum atomic E-state index is 14.5. The van der Waals surface area contributed by atoms with E-state index in [0.717, 1.165) is 0 Å². The van der Waals surface area contributed by atoms with Gasteiger partial charge < -0.3 is 10.1 Å². The number of hydrogen-bond acceptors (Lipinski definition) is 3. The van der Waals surface area contributed by atoms with Crippen LogP contribution in [-0.2, 0) is 15.1 Å². The summed E-state index contributed by atoms with van der Waals surface area (Å²) in [6.45, 7) is 0. The van der Waals surface area contributed by atoms with Crippen LogP contribution in [0.5, 0.6) is 0 Å². The fourth-order valence-corrected chi connectivity index (χ4v) is 3.96. The highest BCUT2D eigenvalue weighted by Gasteiger charge is 2.62. The first-order chi connectivity index (χ1) is 15.7. The van der Waals surface area contributed by atoms with Crippen molar-refractivity contribution in [2.45, 2.75) is 18.2 Å². The predicted molar refractivity (Wildman–Crippen MR) is 120 cm³/mol. The Balaban J connectivity index is 1.87. The van der Waals surface area contributed by atoms with Gasteiger partial charge in [-0.2, -0.15) is 13.2 Å². The summed E-state index contributed by atoms with van der Waals surface area (Å²) < 4.78 is 49.2. The smallest absolute Gasteiger partial charge is 0.433 e. The first kappa shape index (κ1) is 22.8. The first-order valence-corrected chi connectivity index (χ1v) is 10.7. The number of carbonyl (C=O) groups excluding carboxylic acids is 2. The molecule has 3 aromatic rings. The Bertz CT molecular complexity index is 1210. The molecule has 4 nitrogen and oxygen atoms in total. The zero-order valence-corrected chi connectivity index (χ0v) is 18.6. The first-order valence-electron chi connectivity index (χ1n) is 9.92. The van der Waals surface area contributed by atoms with Crippen LogP contribution in [0.2, 0.25) is 0 Å². The molecule has 0 fully saturated rings. The molecule has 1 aliphatic heterocycles. The van der Waals surface area contributed by atoms with Crippen LogP contribution in [0.25, 0.3) is 5.57 Å². The van der Waals surface area contributed by atoms with E-state index in [0.29, 0.717) is 10.0 Å². The van der Waals surface area contributed by atoms with Crippen LogP contribution in [0.4, 0.5) is 13.2 Å². The molecular formula is C25H17BrF3NO3. The van der Waals surface area contributed by atoms with Gasteiger partial charge in [-0.3, -0.25) is 4.79 Å². The van der Waals surface area contributed by atoms with Crippen molar-refractivity contribution in [3.8, 4) is 0 Å². The number of rotatable bonds is 4. The summed E-state index contributed by atoms with van der Waals surface area (Å²) in [5.74, 6) is -1.89. The molecule has 168 valence electrons. The molecule has 1 amide bonds. The molecule has 8 heteroatoms. The van der Waals surface area contributed by atoms with Crippen molar-refractivity contribution < 1.29 is 27.5 Å². The number of carbonyl (C=O) groups is 2. The van der Waals surface area contributed by atoms with Crippen molar-refractivity contribution in [3.63, 3.8) is 0 Å². The number of amides is 1. The van der Waals surface area contributed by atoms with Crippen molar-refractivity contribution in [2.75, 3.05) is 0 Å². The Morgan fingerprint density at radius 2 is 1.48 bits per heavy atom. The number of ether oxygens (including phenoxy) is 1. The molecule has 1 aliphatic rings. The number of cyclic esters (lactones) is 1. The van der Waals surface area contributed by atoms with Crippen molar-refractivity contribution in [2.24, 2.45) is 0 Å². The number of esters is 1. The fraction of sp³-hybridized carbons (Fsp3) is 0.120. The highest BCUT2D eigenvalue weighted by atomic mass is 79.9. The average molecular weight is 516 g/mol. The average Bonchev–Trinajstić information content (AvgIpc) is 2.81. The van der Waals surface area contributed by atoms with E-state index in [9.17, 15) is 22.8 Å². The molecule has 3 aromatic carbocycles. The second kappa shape index (κ2) is 8.86. The van der Waals surface area contributed by atoms with Crippen LogP contribution < -0.4 is 5.32 Å². The molecular weight excluding hydrogens is 499 g/mol. The molecule has 0 radical (unpaired) electrons. The standard InChI is InChI=1S/C25H17BrF3NO3/c26-19-13-11-16(12-14-19)20-15-24(25(27,28)29,18-9-5-2-6-10-18)33-23(32)21(20)30-22(31)17-7-3-1-4-8-17/h1-14H,15H2,(H,30,31)/t24-/m1/s1. The third kappa shape index (κ3) is 4.43. The summed E-state index contributed by atoms with van der Waals surface area (Å²) >= 11 is 3.30. The lowest BCUT2D eigenvalue weighted by atomic mass is 9.81. The lowest BCUT2D eigenvalue weighted by Crippen LogP contribution is -2.50. The van der Waals surface area contributed by atoms with Gasteiger partial charge in [-0.25, -0.2) is 4.79 Å². The molecule has 0 unspecified atom stereocenters. The minimum absolute atomic E-state index is 0.0317. The minimum Gasteiger partial charge on any atom is -0.439 e. The van der Waals surface area contributed by atoms with Crippen LogP contribution in [0.1, 0.15) is 27.9 Å². The van der Waals surface area contributed by atoms with Crippen molar-refractivity contribution in [3.05, 3.63) is 112 Å². The number of halogens is 4. The number of alkyl halides is 3. The van der Waals surface area contributed by atoms with E-state index in [2.05, 4.69) is 21.2 Å². The van der Waals surface area contributed by atoms with E-state index >= 15 is 0 Å². The molecule has 1 heterocycles. The molecule has 1 N–H and O–H groups in total. The van der Waals surface area contributed by atoms with Crippen LogP contribution in [0.3, 0.4) is 0 Å². The van der Waals surface area contributed by atoms with Gasteiger partial charge >= 0.3 is 12.1 Å². The fourth-order valence-electron chi connectivity index (χ4n) is 3.70. The monoisotopic (exact) mass is 515 g/mol. The quantitative estimate of drug-likeness (QED) is 0.434. The van der Waals surface area contributed by atoms with Crippen LogP contribution in [0, 0.1) is 0 Å². The number of benzene rings is 3. The summed E-state index contributed by atoms with van der Waals surface area (Å²) in [6, 6.07) is 21.6. The van der Waals surface area contributed by atoms with Gasteiger partial charge in [-0.05, 0) is 35.4 Å². The second-order valence-electron chi connectivity index (χ2n) is 7.44. The summed E-state index contributed by atoms with van der Waals surface area (Å²) in [7, 11) is 0. The van der Waals surface area contributed by atoms with Gasteiger partial charge in [0.25, 0.3) is 5.91 Å². The van der Waals surface area contributed by atoms with E-state index in [1.54, 1.807) is 48.5 Å². The Labute approximate surface area is 196 Å². The van der Waals surface area contributed by atoms with Crippen molar-refractivity contribution in [1.29, 1.82) is 0 Å². The molecule has 0 saturated carbocycles. The Kier molecular flexibility index (Phi) is 6.12. The van der Waals surface area contributed by atoms with Gasteiger partial charge in [0.05, 0.1) is 0 Å². The topological polar surface area (TPSA) is 55.4 Å². The summed E-state index contributed by atoms with van der Waals surface area (Å²) in [5, 5.41) is 2.48. The zero-order chi connectivity index (χ0) is 23.6.